The summed E-state index contributed by atoms with van der Waals surface area (Å²) in [6, 6.07) is 20.7. The molecule has 1 saturated heterocycles. The molecule has 1 aliphatic heterocycles. The van der Waals surface area contributed by atoms with Crippen molar-refractivity contribution in [1.82, 2.24) is 15.5 Å². The van der Waals surface area contributed by atoms with Crippen LogP contribution in [0.5, 0.6) is 0 Å². The molecule has 7 heteroatoms. The normalized spacial score (nSPS) is 15.9. The quantitative estimate of drug-likeness (QED) is 0.179. The van der Waals surface area contributed by atoms with Crippen molar-refractivity contribution in [1.29, 1.82) is 0 Å². The van der Waals surface area contributed by atoms with E-state index < -0.39 is 0 Å². The molecule has 33 heavy (non-hydrogen) atoms. The van der Waals surface area contributed by atoms with Crippen molar-refractivity contribution in [3.8, 4) is 0 Å². The molecular weight excluding hydrogens is 527 g/mol. The molecule has 2 aromatic carbocycles. The Labute approximate surface area is 215 Å². The van der Waals surface area contributed by atoms with Gasteiger partial charge in [0, 0.05) is 52.2 Å². The number of guanidine groups is 1. The first kappa shape index (κ1) is 27.1. The van der Waals surface area contributed by atoms with Crippen LogP contribution in [0.15, 0.2) is 65.7 Å². The van der Waals surface area contributed by atoms with Crippen molar-refractivity contribution >= 4 is 35.8 Å². The molecule has 0 spiro atoms. The third kappa shape index (κ3) is 10.1. The van der Waals surface area contributed by atoms with E-state index in [2.05, 4.69) is 52.0 Å². The number of nitrogens with zero attached hydrogens (tertiary/aromatic N) is 2. The van der Waals surface area contributed by atoms with Crippen LogP contribution < -0.4 is 10.6 Å². The predicted octanol–water partition coefficient (Wildman–Crippen LogP) is 3.51. The van der Waals surface area contributed by atoms with Gasteiger partial charge in [0.15, 0.2) is 5.96 Å². The number of hydrogen-bond acceptors (Lipinski definition) is 3. The lowest BCUT2D eigenvalue weighted by Crippen LogP contribution is -2.40. The Morgan fingerprint density at radius 2 is 1.67 bits per heavy atom. The highest BCUT2D eigenvalue weighted by molar-refractivity contribution is 14.0. The molecule has 6 nitrogen and oxygen atoms in total. The first-order valence-electron chi connectivity index (χ1n) is 11.6. The van der Waals surface area contributed by atoms with E-state index in [9.17, 15) is 4.79 Å². The fourth-order valence-corrected chi connectivity index (χ4v) is 3.89. The fraction of sp³-hybridized carbons (Fsp3) is 0.462. The van der Waals surface area contributed by atoms with Gasteiger partial charge in [-0.1, -0.05) is 60.7 Å². The fourth-order valence-electron chi connectivity index (χ4n) is 3.89. The largest absolute Gasteiger partial charge is 0.381 e. The lowest BCUT2D eigenvalue weighted by molar-refractivity contribution is -0.127. The van der Waals surface area contributed by atoms with Crippen molar-refractivity contribution in [3.05, 3.63) is 71.8 Å². The van der Waals surface area contributed by atoms with Gasteiger partial charge < -0.3 is 20.3 Å². The zero-order chi connectivity index (χ0) is 22.4. The standard InChI is InChI=1S/C26H36N4O2.HI/c1-27-26(28-15-8-17-32-18-14-23-11-6-3-7-12-23)29-20-24-19-25(31)30(21-24)16-13-22-9-4-2-5-10-22;/h2-7,9-12,24H,8,13-21H2,1H3,(H2,27,28,29);1H. The highest BCUT2D eigenvalue weighted by Gasteiger charge is 2.29. The minimum atomic E-state index is 0. The number of ether oxygens (including phenoxy) is 1. The van der Waals surface area contributed by atoms with Gasteiger partial charge in [0.05, 0.1) is 6.61 Å². The lowest BCUT2D eigenvalue weighted by atomic mass is 10.1. The number of aliphatic imine (C=N–C) groups is 1. The topological polar surface area (TPSA) is 66.0 Å². The number of halogens is 1. The van der Waals surface area contributed by atoms with E-state index in [1.54, 1.807) is 7.05 Å². The molecule has 3 rings (SSSR count). The Morgan fingerprint density at radius 1 is 1.00 bits per heavy atom. The maximum atomic E-state index is 12.3. The number of amides is 1. The van der Waals surface area contributed by atoms with E-state index in [-0.39, 0.29) is 29.9 Å². The van der Waals surface area contributed by atoms with Crippen LogP contribution in [0.4, 0.5) is 0 Å². The second kappa shape index (κ2) is 15.7. The summed E-state index contributed by atoms with van der Waals surface area (Å²) in [4.78, 5) is 18.6. The highest BCUT2D eigenvalue weighted by atomic mass is 127. The third-order valence-corrected chi connectivity index (χ3v) is 5.73. The van der Waals surface area contributed by atoms with Gasteiger partial charge in [0.2, 0.25) is 5.91 Å². The second-order valence-corrected chi connectivity index (χ2v) is 8.23. The number of hydrogen-bond donors (Lipinski definition) is 2. The molecular formula is C26H37IN4O2. The van der Waals surface area contributed by atoms with Crippen LogP contribution >= 0.6 is 24.0 Å². The number of benzene rings is 2. The SMILES string of the molecule is CN=C(NCCCOCCc1ccccc1)NCC1CC(=O)N(CCc2ccccc2)C1.I. The highest BCUT2D eigenvalue weighted by Crippen LogP contribution is 2.17. The number of carbonyl (C=O) groups excluding carboxylic acids is 1. The van der Waals surface area contributed by atoms with Crippen LogP contribution in [0.25, 0.3) is 0 Å². The van der Waals surface area contributed by atoms with Crippen LogP contribution in [0, 0.1) is 5.92 Å². The van der Waals surface area contributed by atoms with E-state index in [4.69, 9.17) is 4.74 Å². The van der Waals surface area contributed by atoms with Crippen LogP contribution in [0.3, 0.4) is 0 Å². The summed E-state index contributed by atoms with van der Waals surface area (Å²) in [5.41, 5.74) is 2.58. The predicted molar refractivity (Wildman–Crippen MR) is 145 cm³/mol. The van der Waals surface area contributed by atoms with Crippen molar-refractivity contribution in [2.75, 3.05) is 46.4 Å². The molecule has 2 N–H and O–H groups in total. The maximum Gasteiger partial charge on any atom is 0.223 e. The maximum absolute atomic E-state index is 12.3. The molecule has 0 radical (unpaired) electrons. The molecule has 1 heterocycles. The first-order valence-corrected chi connectivity index (χ1v) is 11.6. The lowest BCUT2D eigenvalue weighted by Gasteiger charge is -2.18. The Hall–Kier alpha value is -2.13. The van der Waals surface area contributed by atoms with Crippen molar-refractivity contribution in [3.63, 3.8) is 0 Å². The summed E-state index contributed by atoms with van der Waals surface area (Å²) >= 11 is 0. The second-order valence-electron chi connectivity index (χ2n) is 8.23. The van der Waals surface area contributed by atoms with Gasteiger partial charge in [-0.05, 0) is 30.4 Å². The third-order valence-electron chi connectivity index (χ3n) is 5.73. The molecule has 2 aromatic rings. The zero-order valence-corrected chi connectivity index (χ0v) is 21.9. The van der Waals surface area contributed by atoms with E-state index in [1.165, 1.54) is 11.1 Å². The Morgan fingerprint density at radius 3 is 2.33 bits per heavy atom. The molecule has 1 fully saturated rings. The molecule has 0 aromatic heterocycles. The number of carbonyl (C=O) groups is 1. The van der Waals surface area contributed by atoms with Gasteiger partial charge in [-0.2, -0.15) is 0 Å². The number of rotatable bonds is 12. The number of nitrogens with one attached hydrogen (secondary N) is 2. The smallest absolute Gasteiger partial charge is 0.223 e. The first-order chi connectivity index (χ1) is 15.7. The average molecular weight is 565 g/mol. The van der Waals surface area contributed by atoms with E-state index in [1.807, 2.05) is 29.2 Å². The Balaban J connectivity index is 0.00000385. The van der Waals surface area contributed by atoms with Gasteiger partial charge in [-0.25, -0.2) is 0 Å². The zero-order valence-electron chi connectivity index (χ0n) is 19.5. The molecule has 1 aliphatic rings. The summed E-state index contributed by atoms with van der Waals surface area (Å²) in [7, 11) is 1.78. The summed E-state index contributed by atoms with van der Waals surface area (Å²) in [5, 5.41) is 6.70. The molecule has 180 valence electrons. The molecule has 0 aliphatic carbocycles. The minimum Gasteiger partial charge on any atom is -0.381 e. The van der Waals surface area contributed by atoms with Gasteiger partial charge in [0.25, 0.3) is 0 Å². The van der Waals surface area contributed by atoms with Crippen molar-refractivity contribution in [2.24, 2.45) is 10.9 Å². The van der Waals surface area contributed by atoms with Crippen LogP contribution in [-0.2, 0) is 22.4 Å². The van der Waals surface area contributed by atoms with E-state index in [0.29, 0.717) is 12.3 Å². The van der Waals surface area contributed by atoms with Gasteiger partial charge in [-0.15, -0.1) is 24.0 Å². The monoisotopic (exact) mass is 564 g/mol. The van der Waals surface area contributed by atoms with E-state index >= 15 is 0 Å². The molecule has 1 amide bonds. The van der Waals surface area contributed by atoms with Crippen LogP contribution in [0.2, 0.25) is 0 Å². The summed E-state index contributed by atoms with van der Waals surface area (Å²) in [6.45, 7) is 4.62. The number of likely N-dealkylation sites (tertiary alicyclic amines) is 1. The summed E-state index contributed by atoms with van der Waals surface area (Å²) in [6.07, 6.45) is 3.38. The molecule has 0 saturated carbocycles. The Bertz CT molecular complexity index is 833. The average Bonchev–Trinajstić information content (AvgIpc) is 3.19. The molecule has 1 unspecified atom stereocenters. The van der Waals surface area contributed by atoms with Gasteiger partial charge >= 0.3 is 0 Å². The summed E-state index contributed by atoms with van der Waals surface area (Å²) in [5.74, 6) is 1.35. The molecule has 1 atom stereocenters. The van der Waals surface area contributed by atoms with E-state index in [0.717, 1.165) is 64.6 Å². The van der Waals surface area contributed by atoms with Crippen LogP contribution in [-0.4, -0.2) is 63.2 Å². The van der Waals surface area contributed by atoms with Gasteiger partial charge in [0.1, 0.15) is 0 Å². The molecule has 0 bridgehead atoms. The Kier molecular flexibility index (Phi) is 12.9. The van der Waals surface area contributed by atoms with Crippen LogP contribution in [0.1, 0.15) is 24.0 Å². The van der Waals surface area contributed by atoms with Crippen molar-refractivity contribution in [2.45, 2.75) is 25.7 Å². The van der Waals surface area contributed by atoms with Crippen molar-refractivity contribution < 1.29 is 9.53 Å². The summed E-state index contributed by atoms with van der Waals surface area (Å²) < 4.78 is 5.73. The van der Waals surface area contributed by atoms with Gasteiger partial charge in [-0.3, -0.25) is 9.79 Å². The minimum absolute atomic E-state index is 0.